The molecule has 16 heavy (non-hydrogen) atoms. The number of primary amides is 1. The van der Waals surface area contributed by atoms with Gasteiger partial charge in [0.05, 0.1) is 5.28 Å². The maximum atomic E-state index is 10.6. The molecule has 0 unspecified atom stereocenters. The van der Waals surface area contributed by atoms with Crippen LogP contribution in [-0.4, -0.2) is 22.6 Å². The first-order chi connectivity index (χ1) is 7.24. The standard InChI is InChI=1S/C6H12N2O2.C2H2.H2N2O2/c1-6(2,3)8-5(10)4(7)9;1-2;1-2-4-3/h1-3H3,(H2,7,9)(H,8,10);1-2H;1,3H. The topological polar surface area (TPSA) is 138 Å². The molecule has 0 bridgehead atoms. The van der Waals surface area contributed by atoms with E-state index in [1.165, 1.54) is 0 Å². The van der Waals surface area contributed by atoms with Gasteiger partial charge in [0.1, 0.15) is 0 Å². The fourth-order valence-corrected chi connectivity index (χ4v) is 0.402. The van der Waals surface area contributed by atoms with Gasteiger partial charge in [-0.1, -0.05) is 0 Å². The molecule has 0 rings (SSSR count). The first-order valence-electron chi connectivity index (χ1n) is 3.87. The van der Waals surface area contributed by atoms with Crippen LogP contribution in [0.5, 0.6) is 0 Å². The molecule has 0 aliphatic rings. The number of terminal acetylenes is 1. The lowest BCUT2D eigenvalue weighted by atomic mass is 10.1. The molecule has 0 atom stereocenters. The highest BCUT2D eigenvalue weighted by Gasteiger charge is 2.16. The van der Waals surface area contributed by atoms with E-state index in [1.807, 2.05) is 5.28 Å². The van der Waals surface area contributed by atoms with Gasteiger partial charge in [-0.05, 0) is 20.8 Å². The van der Waals surface area contributed by atoms with Crippen molar-refractivity contribution in [2.24, 2.45) is 11.0 Å². The number of carbonyl (C=O) groups excluding carboxylic acids is 2. The number of amides is 2. The third kappa shape index (κ3) is 22.6. The lowest BCUT2D eigenvalue weighted by Crippen LogP contribution is -2.46. The predicted molar refractivity (Wildman–Crippen MR) is 55.8 cm³/mol. The van der Waals surface area contributed by atoms with Gasteiger partial charge in [-0.2, -0.15) is 10.8 Å². The van der Waals surface area contributed by atoms with Gasteiger partial charge in [0.15, 0.2) is 0 Å². The second kappa shape index (κ2) is 10.9. The Kier molecular flexibility index (Phi) is 13.3. The number of nitrogens with two attached hydrogens (primary N) is 1. The van der Waals surface area contributed by atoms with E-state index in [2.05, 4.69) is 23.2 Å². The number of nitrogens with zero attached hydrogens (tertiary/aromatic N) is 1. The Balaban J connectivity index is -0.000000237. The number of hydrogen-bond donors (Lipinski definition) is 4. The smallest absolute Gasteiger partial charge is 0.309 e. The maximum absolute atomic E-state index is 10.6. The van der Waals surface area contributed by atoms with Gasteiger partial charge in [0.2, 0.25) is 0 Å². The summed E-state index contributed by atoms with van der Waals surface area (Å²) in [6.07, 6.45) is 8.00. The van der Waals surface area contributed by atoms with E-state index < -0.39 is 17.4 Å². The van der Waals surface area contributed by atoms with Gasteiger partial charge in [-0.25, -0.2) is 4.99 Å². The zero-order chi connectivity index (χ0) is 13.8. The third-order valence-electron chi connectivity index (χ3n) is 0.753. The van der Waals surface area contributed by atoms with Crippen molar-refractivity contribution >= 4 is 11.8 Å². The molecule has 92 valence electrons. The second-order valence-corrected chi connectivity index (χ2v) is 3.24. The second-order valence-electron chi connectivity index (χ2n) is 3.24. The van der Waals surface area contributed by atoms with E-state index >= 15 is 0 Å². The molecule has 0 aromatic heterocycles. The summed E-state index contributed by atoms with van der Waals surface area (Å²) in [5.74, 6) is -1.69. The summed E-state index contributed by atoms with van der Waals surface area (Å²) < 4.78 is 0. The van der Waals surface area contributed by atoms with Crippen molar-refractivity contribution in [3.8, 4) is 12.8 Å². The zero-order valence-electron chi connectivity index (χ0n) is 9.35. The Hall–Kier alpha value is -2.14. The molecular formula is C8H16N4O4. The minimum Gasteiger partial charge on any atom is -0.361 e. The molecule has 0 aromatic carbocycles. The Morgan fingerprint density at radius 2 is 1.75 bits per heavy atom. The first kappa shape index (κ1) is 19.4. The van der Waals surface area contributed by atoms with Crippen LogP contribution in [0.2, 0.25) is 0 Å². The minimum atomic E-state index is -0.949. The summed E-state index contributed by atoms with van der Waals surface area (Å²) in [4.78, 5) is 23.6. The van der Waals surface area contributed by atoms with Crippen molar-refractivity contribution in [3.05, 3.63) is 0 Å². The van der Waals surface area contributed by atoms with E-state index in [1.54, 1.807) is 20.8 Å². The SMILES string of the molecule is C#C.CC(C)(C)NC(=O)C(N)=O.N=NOO. The molecule has 0 saturated carbocycles. The monoisotopic (exact) mass is 232 g/mol. The van der Waals surface area contributed by atoms with Crippen molar-refractivity contribution < 1.29 is 19.8 Å². The molecule has 0 fully saturated rings. The van der Waals surface area contributed by atoms with Crippen LogP contribution in [0.3, 0.4) is 0 Å². The van der Waals surface area contributed by atoms with Crippen LogP contribution >= 0.6 is 0 Å². The Bertz CT molecular complexity index is 244. The van der Waals surface area contributed by atoms with Gasteiger partial charge < -0.3 is 11.1 Å². The van der Waals surface area contributed by atoms with Gasteiger partial charge in [-0.15, -0.1) is 12.8 Å². The van der Waals surface area contributed by atoms with Crippen molar-refractivity contribution in [2.45, 2.75) is 26.3 Å². The molecule has 8 heteroatoms. The van der Waals surface area contributed by atoms with Crippen LogP contribution in [0, 0.1) is 18.4 Å². The quantitative estimate of drug-likeness (QED) is 0.167. The summed E-state index contributed by atoms with van der Waals surface area (Å²) in [7, 11) is 0. The molecule has 5 N–H and O–H groups in total. The van der Waals surface area contributed by atoms with E-state index in [9.17, 15) is 9.59 Å². The highest BCUT2D eigenvalue weighted by molar-refractivity contribution is 6.34. The zero-order valence-corrected chi connectivity index (χ0v) is 9.35. The molecule has 2 amide bonds. The van der Waals surface area contributed by atoms with Crippen LogP contribution < -0.4 is 11.1 Å². The van der Waals surface area contributed by atoms with Gasteiger partial charge in [0, 0.05) is 5.54 Å². The Morgan fingerprint density at radius 1 is 1.44 bits per heavy atom. The summed E-state index contributed by atoms with van der Waals surface area (Å²) in [6.45, 7) is 5.32. The van der Waals surface area contributed by atoms with Crippen LogP contribution in [0.4, 0.5) is 0 Å². The predicted octanol–water partition coefficient (Wildman–Crippen LogP) is 0.0578. The van der Waals surface area contributed by atoms with Crippen molar-refractivity contribution in [3.63, 3.8) is 0 Å². The fourth-order valence-electron chi connectivity index (χ4n) is 0.402. The van der Waals surface area contributed by atoms with E-state index in [-0.39, 0.29) is 0 Å². The lowest BCUT2D eigenvalue weighted by molar-refractivity contribution is -0.254. The van der Waals surface area contributed by atoms with E-state index in [0.717, 1.165) is 0 Å². The van der Waals surface area contributed by atoms with Crippen LogP contribution in [0.1, 0.15) is 20.8 Å². The molecule has 0 aliphatic carbocycles. The van der Waals surface area contributed by atoms with Gasteiger partial charge in [-0.3, -0.25) is 9.59 Å². The third-order valence-corrected chi connectivity index (χ3v) is 0.753. The fraction of sp³-hybridized carbons (Fsp3) is 0.500. The number of hydrogen-bond acceptors (Lipinski definition) is 6. The lowest BCUT2D eigenvalue weighted by Gasteiger charge is -2.18. The molecule has 0 aliphatic heterocycles. The highest BCUT2D eigenvalue weighted by Crippen LogP contribution is 1.96. The Labute approximate surface area is 93.5 Å². The van der Waals surface area contributed by atoms with Crippen molar-refractivity contribution in [1.82, 2.24) is 5.32 Å². The van der Waals surface area contributed by atoms with Crippen LogP contribution in [0.25, 0.3) is 0 Å². The van der Waals surface area contributed by atoms with E-state index in [0.29, 0.717) is 0 Å². The summed E-state index contributed by atoms with van der Waals surface area (Å²) in [6, 6.07) is 0. The molecule has 8 nitrogen and oxygen atoms in total. The van der Waals surface area contributed by atoms with Gasteiger partial charge >= 0.3 is 11.8 Å². The Morgan fingerprint density at radius 3 is 1.81 bits per heavy atom. The van der Waals surface area contributed by atoms with Crippen LogP contribution in [-0.2, 0) is 14.6 Å². The minimum absolute atomic E-state index is 0.397. The van der Waals surface area contributed by atoms with Gasteiger partial charge in [0.25, 0.3) is 0 Å². The number of carbonyl (C=O) groups is 2. The normalized spacial score (nSPS) is 8.12. The molecule has 0 saturated heterocycles. The summed E-state index contributed by atoms with van der Waals surface area (Å²) >= 11 is 0. The maximum Gasteiger partial charge on any atom is 0.309 e. The average Bonchev–Trinajstić information content (AvgIpc) is 2.18. The molecule has 0 radical (unpaired) electrons. The first-order valence-corrected chi connectivity index (χ1v) is 3.87. The molecule has 0 spiro atoms. The molecule has 0 heterocycles. The average molecular weight is 232 g/mol. The summed E-state index contributed by atoms with van der Waals surface area (Å²) in [5.41, 5.74) is 9.90. The molecular weight excluding hydrogens is 216 g/mol. The van der Waals surface area contributed by atoms with Crippen LogP contribution in [0.15, 0.2) is 5.28 Å². The number of rotatable bonds is 1. The number of nitrogens with one attached hydrogen (secondary N) is 2. The van der Waals surface area contributed by atoms with Crippen molar-refractivity contribution in [1.29, 1.82) is 5.53 Å². The molecule has 0 aromatic rings. The summed E-state index contributed by atoms with van der Waals surface area (Å²) in [5, 5.41) is 11.5. The van der Waals surface area contributed by atoms with Crippen molar-refractivity contribution in [2.75, 3.05) is 0 Å². The van der Waals surface area contributed by atoms with E-state index in [4.69, 9.17) is 16.5 Å². The largest absolute Gasteiger partial charge is 0.361 e. The highest BCUT2D eigenvalue weighted by atomic mass is 17.2.